The molecule has 0 spiro atoms. The SMILES string of the molecule is CC(C)(C)NCc1ccccc1Sc1ccccc1F. The Kier molecular flexibility index (Phi) is 4.84. The van der Waals surface area contributed by atoms with Crippen molar-refractivity contribution < 1.29 is 4.39 Å². The molecule has 0 atom stereocenters. The van der Waals surface area contributed by atoms with Crippen LogP contribution in [0.25, 0.3) is 0 Å². The van der Waals surface area contributed by atoms with Gasteiger partial charge in [-0.05, 0) is 44.5 Å². The first-order valence-electron chi connectivity index (χ1n) is 6.71. The van der Waals surface area contributed by atoms with E-state index in [0.717, 1.165) is 11.4 Å². The summed E-state index contributed by atoms with van der Waals surface area (Å²) >= 11 is 1.48. The fourth-order valence-corrected chi connectivity index (χ4v) is 2.72. The summed E-state index contributed by atoms with van der Waals surface area (Å²) in [6, 6.07) is 15.0. The van der Waals surface area contributed by atoms with E-state index in [-0.39, 0.29) is 11.4 Å². The first-order valence-corrected chi connectivity index (χ1v) is 7.53. The molecule has 1 N–H and O–H groups in total. The molecule has 20 heavy (non-hydrogen) atoms. The van der Waals surface area contributed by atoms with Crippen molar-refractivity contribution in [2.24, 2.45) is 0 Å². The molecule has 106 valence electrons. The van der Waals surface area contributed by atoms with Crippen LogP contribution < -0.4 is 5.32 Å². The molecule has 0 aliphatic heterocycles. The normalized spacial score (nSPS) is 11.6. The van der Waals surface area contributed by atoms with E-state index in [4.69, 9.17) is 0 Å². The van der Waals surface area contributed by atoms with Crippen LogP contribution in [0.4, 0.5) is 4.39 Å². The minimum atomic E-state index is -0.170. The van der Waals surface area contributed by atoms with Gasteiger partial charge in [-0.3, -0.25) is 0 Å². The molecule has 2 rings (SSSR count). The van der Waals surface area contributed by atoms with Crippen LogP contribution >= 0.6 is 11.8 Å². The minimum Gasteiger partial charge on any atom is -0.308 e. The Hall–Kier alpha value is -1.32. The van der Waals surface area contributed by atoms with Crippen molar-refractivity contribution in [1.29, 1.82) is 0 Å². The fourth-order valence-electron chi connectivity index (χ4n) is 1.76. The summed E-state index contributed by atoms with van der Waals surface area (Å²) in [5.41, 5.74) is 1.26. The first-order chi connectivity index (χ1) is 9.46. The maximum absolute atomic E-state index is 13.7. The van der Waals surface area contributed by atoms with Crippen molar-refractivity contribution in [1.82, 2.24) is 5.32 Å². The van der Waals surface area contributed by atoms with Gasteiger partial charge in [0.1, 0.15) is 5.82 Å². The highest BCUT2D eigenvalue weighted by Gasteiger charge is 2.11. The van der Waals surface area contributed by atoms with Gasteiger partial charge in [-0.15, -0.1) is 0 Å². The van der Waals surface area contributed by atoms with Crippen LogP contribution in [0.3, 0.4) is 0 Å². The van der Waals surface area contributed by atoms with Gasteiger partial charge >= 0.3 is 0 Å². The highest BCUT2D eigenvalue weighted by molar-refractivity contribution is 7.99. The Labute approximate surface area is 124 Å². The number of rotatable bonds is 4. The molecule has 0 aliphatic carbocycles. The zero-order valence-corrected chi connectivity index (χ0v) is 12.9. The Bertz CT molecular complexity index is 575. The van der Waals surface area contributed by atoms with Gasteiger partial charge in [0, 0.05) is 21.9 Å². The largest absolute Gasteiger partial charge is 0.308 e. The average Bonchev–Trinajstić information content (AvgIpc) is 2.39. The summed E-state index contributed by atoms with van der Waals surface area (Å²) in [6.07, 6.45) is 0. The van der Waals surface area contributed by atoms with E-state index in [1.165, 1.54) is 23.4 Å². The second kappa shape index (κ2) is 6.42. The van der Waals surface area contributed by atoms with E-state index in [1.54, 1.807) is 6.07 Å². The molecule has 0 aromatic heterocycles. The molecule has 0 aliphatic rings. The lowest BCUT2D eigenvalue weighted by atomic mass is 10.1. The second-order valence-corrected chi connectivity index (χ2v) is 6.83. The molecule has 0 fully saturated rings. The number of benzene rings is 2. The topological polar surface area (TPSA) is 12.0 Å². The summed E-state index contributed by atoms with van der Waals surface area (Å²) in [5.74, 6) is -0.170. The lowest BCUT2D eigenvalue weighted by molar-refractivity contribution is 0.422. The van der Waals surface area contributed by atoms with Crippen LogP contribution in [-0.2, 0) is 6.54 Å². The van der Waals surface area contributed by atoms with Crippen LogP contribution in [0.5, 0.6) is 0 Å². The van der Waals surface area contributed by atoms with Gasteiger partial charge in [-0.25, -0.2) is 4.39 Å². The smallest absolute Gasteiger partial charge is 0.137 e. The third kappa shape index (κ3) is 4.36. The maximum Gasteiger partial charge on any atom is 0.137 e. The van der Waals surface area contributed by atoms with Crippen LogP contribution in [0.15, 0.2) is 58.3 Å². The molecule has 2 aromatic rings. The van der Waals surface area contributed by atoms with Crippen LogP contribution in [-0.4, -0.2) is 5.54 Å². The molecule has 0 saturated carbocycles. The predicted molar refractivity (Wildman–Crippen MR) is 83.6 cm³/mol. The van der Waals surface area contributed by atoms with Gasteiger partial charge < -0.3 is 5.32 Å². The van der Waals surface area contributed by atoms with Gasteiger partial charge in [0.15, 0.2) is 0 Å². The highest BCUT2D eigenvalue weighted by atomic mass is 32.2. The second-order valence-electron chi connectivity index (χ2n) is 5.74. The number of nitrogens with one attached hydrogen (secondary N) is 1. The zero-order valence-electron chi connectivity index (χ0n) is 12.1. The molecule has 3 heteroatoms. The summed E-state index contributed by atoms with van der Waals surface area (Å²) < 4.78 is 13.7. The summed E-state index contributed by atoms with van der Waals surface area (Å²) in [5, 5.41) is 3.47. The Morgan fingerprint density at radius 1 is 0.950 bits per heavy atom. The van der Waals surface area contributed by atoms with Crippen molar-refractivity contribution >= 4 is 11.8 Å². The average molecular weight is 289 g/mol. The summed E-state index contributed by atoms with van der Waals surface area (Å²) in [4.78, 5) is 1.75. The monoisotopic (exact) mass is 289 g/mol. The lowest BCUT2D eigenvalue weighted by Crippen LogP contribution is -2.35. The lowest BCUT2D eigenvalue weighted by Gasteiger charge is -2.21. The molecule has 0 bridgehead atoms. The van der Waals surface area contributed by atoms with Crippen molar-refractivity contribution in [3.05, 3.63) is 59.9 Å². The fraction of sp³-hybridized carbons (Fsp3) is 0.294. The van der Waals surface area contributed by atoms with E-state index in [1.807, 2.05) is 30.3 Å². The predicted octanol–water partition coefficient (Wildman–Crippen LogP) is 4.87. The molecule has 0 unspecified atom stereocenters. The molecule has 0 heterocycles. The molecule has 0 radical (unpaired) electrons. The minimum absolute atomic E-state index is 0.0653. The number of halogens is 1. The van der Waals surface area contributed by atoms with Crippen LogP contribution in [0.1, 0.15) is 26.3 Å². The van der Waals surface area contributed by atoms with Crippen LogP contribution in [0, 0.1) is 5.82 Å². The van der Waals surface area contributed by atoms with E-state index in [2.05, 4.69) is 32.2 Å². The van der Waals surface area contributed by atoms with Crippen molar-refractivity contribution in [3.8, 4) is 0 Å². The van der Waals surface area contributed by atoms with Gasteiger partial charge in [0.2, 0.25) is 0 Å². The molecule has 2 aromatic carbocycles. The third-order valence-electron chi connectivity index (χ3n) is 2.84. The van der Waals surface area contributed by atoms with Gasteiger partial charge in [-0.1, -0.05) is 42.1 Å². The van der Waals surface area contributed by atoms with Crippen LogP contribution in [0.2, 0.25) is 0 Å². The molecule has 0 amide bonds. The number of hydrogen-bond acceptors (Lipinski definition) is 2. The number of hydrogen-bond donors (Lipinski definition) is 1. The molecule has 1 nitrogen and oxygen atoms in total. The molecule has 0 saturated heterocycles. The Morgan fingerprint density at radius 2 is 1.55 bits per heavy atom. The van der Waals surface area contributed by atoms with Crippen molar-refractivity contribution in [2.45, 2.75) is 42.6 Å². The summed E-state index contributed by atoms with van der Waals surface area (Å²) in [6.45, 7) is 7.19. The quantitative estimate of drug-likeness (QED) is 0.862. The van der Waals surface area contributed by atoms with E-state index < -0.39 is 0 Å². The molecular formula is C17H20FNS. The first kappa shape index (κ1) is 15.1. The van der Waals surface area contributed by atoms with Crippen molar-refractivity contribution in [3.63, 3.8) is 0 Å². The summed E-state index contributed by atoms with van der Waals surface area (Å²) in [7, 11) is 0. The zero-order chi connectivity index (χ0) is 14.6. The van der Waals surface area contributed by atoms with E-state index in [9.17, 15) is 4.39 Å². The maximum atomic E-state index is 13.7. The molecular weight excluding hydrogens is 269 g/mol. The third-order valence-corrected chi connectivity index (χ3v) is 4.01. The van der Waals surface area contributed by atoms with E-state index in [0.29, 0.717) is 4.90 Å². The van der Waals surface area contributed by atoms with E-state index >= 15 is 0 Å². The van der Waals surface area contributed by atoms with Gasteiger partial charge in [0.05, 0.1) is 0 Å². The van der Waals surface area contributed by atoms with Gasteiger partial charge in [0.25, 0.3) is 0 Å². The van der Waals surface area contributed by atoms with Gasteiger partial charge in [-0.2, -0.15) is 0 Å². The Morgan fingerprint density at radius 3 is 2.20 bits per heavy atom. The highest BCUT2D eigenvalue weighted by Crippen LogP contribution is 2.32. The Balaban J connectivity index is 2.18. The van der Waals surface area contributed by atoms with Crippen molar-refractivity contribution in [2.75, 3.05) is 0 Å². The standard InChI is InChI=1S/C17H20FNS/c1-17(2,3)19-12-13-8-4-6-10-15(13)20-16-11-7-5-9-14(16)18/h4-11,19H,12H2,1-3H3.